The molecule has 0 aromatic heterocycles. The highest BCUT2D eigenvalue weighted by Crippen LogP contribution is 2.05. The highest BCUT2D eigenvalue weighted by atomic mass is 35.5. The van der Waals surface area contributed by atoms with Gasteiger partial charge in [0.05, 0.1) is 0 Å². The van der Waals surface area contributed by atoms with Crippen LogP contribution in [0.2, 0.25) is 0 Å². The van der Waals surface area contributed by atoms with E-state index in [0.29, 0.717) is 0 Å². The van der Waals surface area contributed by atoms with Crippen molar-refractivity contribution in [2.75, 3.05) is 14.1 Å². The van der Waals surface area contributed by atoms with Gasteiger partial charge < -0.3 is 0 Å². The summed E-state index contributed by atoms with van der Waals surface area (Å²) in [6.07, 6.45) is 0. The van der Waals surface area contributed by atoms with E-state index in [9.17, 15) is 0 Å². The number of rotatable bonds is 1. The molecule has 0 amide bonds. The minimum absolute atomic E-state index is 0. The molecule has 2 nitrogen and oxygen atoms in total. The zero-order valence-corrected chi connectivity index (χ0v) is 7.67. The van der Waals surface area contributed by atoms with Crippen LogP contribution in [0.15, 0.2) is 0 Å². The van der Waals surface area contributed by atoms with Crippen molar-refractivity contribution in [1.29, 1.82) is 0 Å². The molecule has 0 aliphatic rings. The SMILES string of the molecule is CNN(C)C(C)(C)C.Cl. The number of hydrogen-bond acceptors (Lipinski definition) is 2. The van der Waals surface area contributed by atoms with Crippen LogP contribution >= 0.6 is 12.4 Å². The summed E-state index contributed by atoms with van der Waals surface area (Å²) >= 11 is 0. The zero-order valence-electron chi connectivity index (χ0n) is 6.86. The van der Waals surface area contributed by atoms with Crippen LogP contribution in [0.1, 0.15) is 20.8 Å². The van der Waals surface area contributed by atoms with E-state index in [1.54, 1.807) is 0 Å². The fourth-order valence-electron chi connectivity index (χ4n) is 0.335. The molecule has 1 N–H and O–H groups in total. The van der Waals surface area contributed by atoms with Gasteiger partial charge in [-0.05, 0) is 27.8 Å². The molecule has 0 spiro atoms. The zero-order chi connectivity index (χ0) is 6.78. The van der Waals surface area contributed by atoms with Crippen LogP contribution < -0.4 is 5.43 Å². The molecule has 0 saturated carbocycles. The maximum atomic E-state index is 3.04. The highest BCUT2D eigenvalue weighted by molar-refractivity contribution is 5.85. The van der Waals surface area contributed by atoms with Crippen molar-refractivity contribution in [1.82, 2.24) is 10.4 Å². The van der Waals surface area contributed by atoms with Crippen molar-refractivity contribution in [2.45, 2.75) is 26.3 Å². The summed E-state index contributed by atoms with van der Waals surface area (Å²) in [6, 6.07) is 0. The summed E-state index contributed by atoms with van der Waals surface area (Å²) in [5.41, 5.74) is 3.27. The Hall–Kier alpha value is 0.210. The Balaban J connectivity index is 0. The molecule has 0 unspecified atom stereocenters. The van der Waals surface area contributed by atoms with Crippen molar-refractivity contribution in [3.63, 3.8) is 0 Å². The normalized spacial score (nSPS) is 11.3. The van der Waals surface area contributed by atoms with Crippen molar-refractivity contribution < 1.29 is 0 Å². The van der Waals surface area contributed by atoms with Gasteiger partial charge in [-0.15, -0.1) is 12.4 Å². The lowest BCUT2D eigenvalue weighted by Crippen LogP contribution is -2.45. The van der Waals surface area contributed by atoms with Crippen molar-refractivity contribution >= 4 is 12.4 Å². The van der Waals surface area contributed by atoms with Crippen LogP contribution in [0.4, 0.5) is 0 Å². The molecule has 9 heavy (non-hydrogen) atoms. The average Bonchev–Trinajstić information content (AvgIpc) is 1.62. The standard InChI is InChI=1S/C6H16N2.ClH/c1-6(2,3)8(5)7-4;/h7H,1-5H3;1H. The molecule has 0 atom stereocenters. The molecule has 58 valence electrons. The van der Waals surface area contributed by atoms with Crippen molar-refractivity contribution in [3.05, 3.63) is 0 Å². The second-order valence-electron chi connectivity index (χ2n) is 2.95. The smallest absolute Gasteiger partial charge is 0.0266 e. The fraction of sp³-hybridized carbons (Fsp3) is 1.00. The van der Waals surface area contributed by atoms with Gasteiger partial charge in [0.15, 0.2) is 0 Å². The van der Waals surface area contributed by atoms with Gasteiger partial charge in [0.1, 0.15) is 0 Å². The van der Waals surface area contributed by atoms with Crippen LogP contribution in [-0.4, -0.2) is 24.6 Å². The van der Waals surface area contributed by atoms with Crippen LogP contribution in [0.5, 0.6) is 0 Å². The molecular formula is C6H17ClN2. The van der Waals surface area contributed by atoms with E-state index < -0.39 is 0 Å². The first kappa shape index (κ1) is 11.9. The molecule has 0 heterocycles. The maximum Gasteiger partial charge on any atom is 0.0266 e. The van der Waals surface area contributed by atoms with E-state index in [1.165, 1.54) is 0 Å². The van der Waals surface area contributed by atoms with Gasteiger partial charge in [-0.2, -0.15) is 0 Å². The number of hydrogen-bond donors (Lipinski definition) is 1. The average molecular weight is 153 g/mol. The second kappa shape index (κ2) is 4.09. The summed E-state index contributed by atoms with van der Waals surface area (Å²) in [6.45, 7) is 6.47. The van der Waals surface area contributed by atoms with Gasteiger partial charge in [-0.25, -0.2) is 5.01 Å². The van der Waals surface area contributed by atoms with Crippen molar-refractivity contribution in [2.24, 2.45) is 0 Å². The number of halogens is 1. The van der Waals surface area contributed by atoms with Gasteiger partial charge in [-0.1, -0.05) is 0 Å². The number of nitrogens with one attached hydrogen (secondary N) is 1. The van der Waals surface area contributed by atoms with Crippen LogP contribution in [0.3, 0.4) is 0 Å². The molecule has 0 aliphatic carbocycles. The molecule has 0 aliphatic heterocycles. The van der Waals surface area contributed by atoms with E-state index >= 15 is 0 Å². The first-order chi connectivity index (χ1) is 3.48. The fourth-order valence-corrected chi connectivity index (χ4v) is 0.335. The Kier molecular flexibility index (Phi) is 5.43. The summed E-state index contributed by atoms with van der Waals surface area (Å²) in [4.78, 5) is 0. The molecular weight excluding hydrogens is 136 g/mol. The summed E-state index contributed by atoms with van der Waals surface area (Å²) in [5.74, 6) is 0. The molecule has 0 rings (SSSR count). The topological polar surface area (TPSA) is 15.3 Å². The van der Waals surface area contributed by atoms with Gasteiger partial charge in [0.2, 0.25) is 0 Å². The minimum atomic E-state index is 0. The summed E-state index contributed by atoms with van der Waals surface area (Å²) in [5, 5.41) is 2.06. The molecule has 0 bridgehead atoms. The quantitative estimate of drug-likeness (QED) is 0.570. The molecule has 0 aromatic carbocycles. The van der Waals surface area contributed by atoms with E-state index in [0.717, 1.165) is 0 Å². The third-order valence-electron chi connectivity index (χ3n) is 1.34. The third-order valence-corrected chi connectivity index (χ3v) is 1.34. The second-order valence-corrected chi connectivity index (χ2v) is 2.95. The van der Waals surface area contributed by atoms with E-state index in [1.807, 2.05) is 14.1 Å². The Morgan fingerprint density at radius 3 is 1.56 bits per heavy atom. The Bertz CT molecular complexity index is 67.9. The Labute approximate surface area is 64.0 Å². The van der Waals surface area contributed by atoms with Crippen molar-refractivity contribution in [3.8, 4) is 0 Å². The van der Waals surface area contributed by atoms with E-state index in [2.05, 4.69) is 31.2 Å². The largest absolute Gasteiger partial charge is 0.258 e. The third kappa shape index (κ3) is 4.70. The first-order valence-electron chi connectivity index (χ1n) is 2.89. The lowest BCUT2D eigenvalue weighted by atomic mass is 10.1. The Morgan fingerprint density at radius 1 is 1.22 bits per heavy atom. The van der Waals surface area contributed by atoms with Gasteiger partial charge in [0.25, 0.3) is 0 Å². The predicted octanol–water partition coefficient (Wildman–Crippen LogP) is 1.27. The molecule has 3 heteroatoms. The first-order valence-corrected chi connectivity index (χ1v) is 2.89. The maximum absolute atomic E-state index is 3.04. The summed E-state index contributed by atoms with van der Waals surface area (Å²) < 4.78 is 0. The predicted molar refractivity (Wildman–Crippen MR) is 43.8 cm³/mol. The van der Waals surface area contributed by atoms with E-state index in [-0.39, 0.29) is 17.9 Å². The minimum Gasteiger partial charge on any atom is -0.258 e. The van der Waals surface area contributed by atoms with Crippen LogP contribution in [0.25, 0.3) is 0 Å². The summed E-state index contributed by atoms with van der Waals surface area (Å²) in [7, 11) is 3.95. The molecule has 0 fully saturated rings. The lowest BCUT2D eigenvalue weighted by Gasteiger charge is -2.30. The van der Waals surface area contributed by atoms with Gasteiger partial charge in [-0.3, -0.25) is 5.43 Å². The van der Waals surface area contributed by atoms with Gasteiger partial charge >= 0.3 is 0 Å². The van der Waals surface area contributed by atoms with Crippen LogP contribution in [-0.2, 0) is 0 Å². The monoisotopic (exact) mass is 152 g/mol. The molecule has 0 radical (unpaired) electrons. The highest BCUT2D eigenvalue weighted by Gasteiger charge is 2.13. The molecule has 0 aromatic rings. The molecule has 0 saturated heterocycles. The Morgan fingerprint density at radius 2 is 1.56 bits per heavy atom. The lowest BCUT2D eigenvalue weighted by molar-refractivity contribution is 0.122. The number of hydrazine groups is 1. The van der Waals surface area contributed by atoms with E-state index in [4.69, 9.17) is 0 Å². The number of nitrogens with zero attached hydrogens (tertiary/aromatic N) is 1. The van der Waals surface area contributed by atoms with Gasteiger partial charge in [0, 0.05) is 12.6 Å². The van der Waals surface area contributed by atoms with Crippen LogP contribution in [0, 0.1) is 0 Å².